The van der Waals surface area contributed by atoms with Gasteiger partial charge in [-0.2, -0.15) is 5.10 Å². The molecular formula is C16H16N4. The van der Waals surface area contributed by atoms with Gasteiger partial charge in [0.15, 0.2) is 5.82 Å². The number of nitrogens with zero attached hydrogens (tertiary/aromatic N) is 2. The zero-order valence-electron chi connectivity index (χ0n) is 11.5. The number of pyridine rings is 1. The second-order valence-corrected chi connectivity index (χ2v) is 4.91. The van der Waals surface area contributed by atoms with Gasteiger partial charge in [0.1, 0.15) is 0 Å². The number of aromatic amines is 1. The molecular weight excluding hydrogens is 248 g/mol. The highest BCUT2D eigenvalue weighted by molar-refractivity contribution is 5.88. The molecule has 4 heteroatoms. The van der Waals surface area contributed by atoms with Gasteiger partial charge in [-0.15, -0.1) is 0 Å². The van der Waals surface area contributed by atoms with Gasteiger partial charge in [0, 0.05) is 18.0 Å². The van der Waals surface area contributed by atoms with Crippen LogP contribution in [0, 0.1) is 13.8 Å². The van der Waals surface area contributed by atoms with Crippen molar-refractivity contribution in [3.05, 3.63) is 53.9 Å². The molecule has 0 saturated heterocycles. The summed E-state index contributed by atoms with van der Waals surface area (Å²) in [7, 11) is 0. The summed E-state index contributed by atoms with van der Waals surface area (Å²) >= 11 is 0. The van der Waals surface area contributed by atoms with E-state index >= 15 is 0 Å². The number of nitrogens with two attached hydrogens (primary N) is 1. The van der Waals surface area contributed by atoms with Gasteiger partial charge in [0.05, 0.1) is 11.3 Å². The topological polar surface area (TPSA) is 67.6 Å². The molecule has 0 spiro atoms. The van der Waals surface area contributed by atoms with Gasteiger partial charge >= 0.3 is 0 Å². The van der Waals surface area contributed by atoms with Crippen molar-refractivity contribution in [2.45, 2.75) is 13.8 Å². The quantitative estimate of drug-likeness (QED) is 0.746. The molecule has 100 valence electrons. The zero-order valence-corrected chi connectivity index (χ0v) is 11.5. The first kappa shape index (κ1) is 12.4. The van der Waals surface area contributed by atoms with Gasteiger partial charge in [0.2, 0.25) is 0 Å². The highest BCUT2D eigenvalue weighted by Crippen LogP contribution is 2.35. The Morgan fingerprint density at radius 3 is 2.55 bits per heavy atom. The smallest absolute Gasteiger partial charge is 0.153 e. The molecule has 2 aromatic heterocycles. The molecule has 3 N–H and O–H groups in total. The average Bonchev–Trinajstić information content (AvgIpc) is 2.84. The molecule has 0 fully saturated rings. The standard InChI is InChI=1S/C16H16N4/c1-10-3-4-11(2)13(9-10)15-14(16(17)20-19-15)12-5-7-18-8-6-12/h3-9H,1-2H3,(H3,17,19,20). The minimum atomic E-state index is 0.507. The Balaban J connectivity index is 2.24. The number of anilines is 1. The molecule has 1 aromatic carbocycles. The summed E-state index contributed by atoms with van der Waals surface area (Å²) in [5.41, 5.74) is 12.5. The molecule has 3 rings (SSSR count). The van der Waals surface area contributed by atoms with Crippen molar-refractivity contribution in [2.75, 3.05) is 5.73 Å². The Hall–Kier alpha value is -2.62. The van der Waals surface area contributed by atoms with E-state index in [0.29, 0.717) is 5.82 Å². The molecule has 0 amide bonds. The predicted octanol–water partition coefficient (Wildman–Crippen LogP) is 3.34. The summed E-state index contributed by atoms with van der Waals surface area (Å²) in [5.74, 6) is 0.507. The van der Waals surface area contributed by atoms with E-state index in [4.69, 9.17) is 5.73 Å². The van der Waals surface area contributed by atoms with E-state index in [1.165, 1.54) is 11.1 Å². The number of H-pyrrole nitrogens is 1. The van der Waals surface area contributed by atoms with E-state index in [0.717, 1.165) is 22.4 Å². The normalized spacial score (nSPS) is 10.7. The monoisotopic (exact) mass is 264 g/mol. The van der Waals surface area contributed by atoms with Crippen molar-refractivity contribution in [1.29, 1.82) is 0 Å². The number of hydrogen-bond donors (Lipinski definition) is 2. The van der Waals surface area contributed by atoms with Crippen LogP contribution in [0.5, 0.6) is 0 Å². The highest BCUT2D eigenvalue weighted by atomic mass is 15.2. The van der Waals surface area contributed by atoms with E-state index in [2.05, 4.69) is 47.2 Å². The molecule has 4 nitrogen and oxygen atoms in total. The van der Waals surface area contributed by atoms with E-state index in [1.54, 1.807) is 12.4 Å². The molecule has 0 aliphatic carbocycles. The fraction of sp³-hybridized carbons (Fsp3) is 0.125. The second-order valence-electron chi connectivity index (χ2n) is 4.91. The largest absolute Gasteiger partial charge is 0.382 e. The first-order valence-electron chi connectivity index (χ1n) is 6.48. The lowest BCUT2D eigenvalue weighted by Gasteiger charge is -2.08. The Morgan fingerprint density at radius 2 is 1.80 bits per heavy atom. The molecule has 0 radical (unpaired) electrons. The van der Waals surface area contributed by atoms with Crippen molar-refractivity contribution >= 4 is 5.82 Å². The first-order chi connectivity index (χ1) is 9.66. The summed E-state index contributed by atoms with van der Waals surface area (Å²) in [6.45, 7) is 4.16. The van der Waals surface area contributed by atoms with Crippen LogP contribution in [0.15, 0.2) is 42.7 Å². The van der Waals surface area contributed by atoms with Crippen molar-refractivity contribution < 1.29 is 0 Å². The van der Waals surface area contributed by atoms with Crippen molar-refractivity contribution in [2.24, 2.45) is 0 Å². The van der Waals surface area contributed by atoms with Crippen LogP contribution >= 0.6 is 0 Å². The van der Waals surface area contributed by atoms with E-state index in [1.807, 2.05) is 12.1 Å². The summed E-state index contributed by atoms with van der Waals surface area (Å²) in [5, 5.41) is 7.23. The minimum Gasteiger partial charge on any atom is -0.382 e. The molecule has 0 saturated carbocycles. The fourth-order valence-corrected chi connectivity index (χ4v) is 2.37. The third-order valence-corrected chi connectivity index (χ3v) is 3.43. The van der Waals surface area contributed by atoms with Crippen LogP contribution in [-0.2, 0) is 0 Å². The van der Waals surface area contributed by atoms with E-state index < -0.39 is 0 Å². The Morgan fingerprint density at radius 1 is 1.05 bits per heavy atom. The predicted molar refractivity (Wildman–Crippen MR) is 81.1 cm³/mol. The molecule has 0 atom stereocenters. The fourth-order valence-electron chi connectivity index (χ4n) is 2.37. The molecule has 0 aliphatic rings. The number of benzene rings is 1. The molecule has 20 heavy (non-hydrogen) atoms. The van der Waals surface area contributed by atoms with Crippen LogP contribution in [-0.4, -0.2) is 15.2 Å². The second kappa shape index (κ2) is 4.81. The summed E-state index contributed by atoms with van der Waals surface area (Å²) < 4.78 is 0. The molecule has 3 aromatic rings. The van der Waals surface area contributed by atoms with Gasteiger partial charge in [-0.25, -0.2) is 0 Å². The zero-order chi connectivity index (χ0) is 14.1. The molecule has 0 aliphatic heterocycles. The van der Waals surface area contributed by atoms with Gasteiger partial charge in [0.25, 0.3) is 0 Å². The van der Waals surface area contributed by atoms with E-state index in [-0.39, 0.29) is 0 Å². The van der Waals surface area contributed by atoms with Crippen LogP contribution in [0.3, 0.4) is 0 Å². The highest BCUT2D eigenvalue weighted by Gasteiger charge is 2.16. The SMILES string of the molecule is Cc1ccc(C)c(-c2[nH]nc(N)c2-c2ccncc2)c1. The maximum atomic E-state index is 6.04. The van der Waals surface area contributed by atoms with Crippen LogP contribution in [0.25, 0.3) is 22.4 Å². The molecule has 0 unspecified atom stereocenters. The number of rotatable bonds is 2. The molecule has 2 heterocycles. The van der Waals surface area contributed by atoms with Gasteiger partial charge in [-0.3, -0.25) is 10.1 Å². The first-order valence-corrected chi connectivity index (χ1v) is 6.48. The average molecular weight is 264 g/mol. The molecule has 0 bridgehead atoms. The van der Waals surface area contributed by atoms with Crippen molar-refractivity contribution in [3.8, 4) is 22.4 Å². The number of nitrogen functional groups attached to an aromatic ring is 1. The Kier molecular flexibility index (Phi) is 2.99. The third-order valence-electron chi connectivity index (χ3n) is 3.43. The lowest BCUT2D eigenvalue weighted by Crippen LogP contribution is -1.90. The number of nitrogens with one attached hydrogen (secondary N) is 1. The van der Waals surface area contributed by atoms with Gasteiger partial charge < -0.3 is 5.73 Å². The summed E-state index contributed by atoms with van der Waals surface area (Å²) in [6, 6.07) is 10.2. The van der Waals surface area contributed by atoms with Crippen LogP contribution in [0.4, 0.5) is 5.82 Å². The van der Waals surface area contributed by atoms with Crippen molar-refractivity contribution in [1.82, 2.24) is 15.2 Å². The number of hydrogen-bond acceptors (Lipinski definition) is 3. The lowest BCUT2D eigenvalue weighted by molar-refractivity contribution is 1.10. The van der Waals surface area contributed by atoms with E-state index in [9.17, 15) is 0 Å². The van der Waals surface area contributed by atoms with Crippen LogP contribution in [0.2, 0.25) is 0 Å². The number of aryl methyl sites for hydroxylation is 2. The summed E-state index contributed by atoms with van der Waals surface area (Å²) in [4.78, 5) is 4.05. The Labute approximate surface area is 117 Å². The minimum absolute atomic E-state index is 0.507. The van der Waals surface area contributed by atoms with Gasteiger partial charge in [-0.05, 0) is 43.2 Å². The number of aromatic nitrogens is 3. The summed E-state index contributed by atoms with van der Waals surface area (Å²) in [6.07, 6.45) is 3.52. The third kappa shape index (κ3) is 2.05. The van der Waals surface area contributed by atoms with Crippen molar-refractivity contribution in [3.63, 3.8) is 0 Å². The maximum Gasteiger partial charge on any atom is 0.153 e. The van der Waals surface area contributed by atoms with Crippen LogP contribution < -0.4 is 5.73 Å². The Bertz CT molecular complexity index is 744. The maximum absolute atomic E-state index is 6.04. The van der Waals surface area contributed by atoms with Gasteiger partial charge in [-0.1, -0.05) is 17.7 Å². The van der Waals surface area contributed by atoms with Crippen LogP contribution in [0.1, 0.15) is 11.1 Å². The lowest BCUT2D eigenvalue weighted by atomic mass is 9.97.